The molecule has 3 aliphatic rings. The van der Waals surface area contributed by atoms with Crippen LogP contribution in [0.4, 0.5) is 16.8 Å². The Morgan fingerprint density at radius 1 is 1.05 bits per heavy atom. The zero-order valence-electron chi connectivity index (χ0n) is 23.3. The van der Waals surface area contributed by atoms with Crippen molar-refractivity contribution in [2.75, 3.05) is 16.5 Å². The van der Waals surface area contributed by atoms with Crippen LogP contribution in [0.3, 0.4) is 0 Å². The predicted molar refractivity (Wildman–Crippen MR) is 160 cm³/mol. The molecule has 2 aliphatic heterocycles. The number of nitrogens with one attached hydrogen (secondary N) is 1. The van der Waals surface area contributed by atoms with Crippen molar-refractivity contribution in [2.45, 2.75) is 50.7 Å². The molecule has 0 bridgehead atoms. The van der Waals surface area contributed by atoms with Gasteiger partial charge >= 0.3 is 0 Å². The molecule has 2 amide bonds. The number of nitrogens with zero attached hydrogens (tertiary/aromatic N) is 5. The summed E-state index contributed by atoms with van der Waals surface area (Å²) < 4.78 is 25.8. The second-order valence-corrected chi connectivity index (χ2v) is 14.1. The molecule has 214 valence electrons. The third kappa shape index (κ3) is 4.54. The van der Waals surface area contributed by atoms with Gasteiger partial charge < -0.3 is 10.2 Å². The Morgan fingerprint density at radius 3 is 2.60 bits per heavy atom. The summed E-state index contributed by atoms with van der Waals surface area (Å²) in [6.07, 6.45) is 5.01. The molecule has 1 aliphatic carbocycles. The molecule has 1 aromatic carbocycles. The Balaban J connectivity index is 1.18. The number of hydrogen-bond acceptors (Lipinski definition) is 9. The molecule has 5 heterocycles. The number of benzene rings is 1. The fraction of sp³-hybridized carbons (Fsp3) is 0.300. The number of fused-ring (bicyclic) bond motifs is 2. The molecule has 0 spiro atoms. The molecule has 42 heavy (non-hydrogen) atoms. The Morgan fingerprint density at radius 2 is 1.86 bits per heavy atom. The molecule has 10 nitrogen and oxygen atoms in total. The molecule has 12 heteroatoms. The quantitative estimate of drug-likeness (QED) is 0.315. The molecule has 1 N–H and O–H groups in total. The van der Waals surface area contributed by atoms with Crippen LogP contribution in [0, 0.1) is 12.8 Å². The van der Waals surface area contributed by atoms with Gasteiger partial charge in [-0.3, -0.25) is 19.5 Å². The van der Waals surface area contributed by atoms with Gasteiger partial charge in [-0.05, 0) is 80.1 Å². The lowest BCUT2D eigenvalue weighted by Gasteiger charge is -2.24. The van der Waals surface area contributed by atoms with Crippen LogP contribution in [0.5, 0.6) is 0 Å². The lowest BCUT2D eigenvalue weighted by atomic mass is 10.0. The largest absolute Gasteiger partial charge is 0.331 e. The van der Waals surface area contributed by atoms with Gasteiger partial charge in [0.15, 0.2) is 15.0 Å². The first-order valence-corrected chi connectivity index (χ1v) is 16.4. The van der Waals surface area contributed by atoms with Gasteiger partial charge in [0.25, 0.3) is 11.8 Å². The van der Waals surface area contributed by atoms with Crippen molar-refractivity contribution in [1.82, 2.24) is 19.9 Å². The van der Waals surface area contributed by atoms with E-state index in [1.807, 2.05) is 30.9 Å². The lowest BCUT2D eigenvalue weighted by Crippen LogP contribution is -2.35. The molecule has 7 rings (SSSR count). The molecule has 0 saturated heterocycles. The predicted octanol–water partition coefficient (Wildman–Crippen LogP) is 4.97. The maximum atomic E-state index is 13.4. The fourth-order valence-electron chi connectivity index (χ4n) is 5.81. The van der Waals surface area contributed by atoms with Gasteiger partial charge in [0, 0.05) is 25.0 Å². The smallest absolute Gasteiger partial charge is 0.261 e. The van der Waals surface area contributed by atoms with Crippen molar-refractivity contribution < 1.29 is 18.0 Å². The summed E-state index contributed by atoms with van der Waals surface area (Å²) in [5, 5.41) is 3.82. The van der Waals surface area contributed by atoms with Crippen LogP contribution in [-0.4, -0.2) is 52.4 Å². The molecular formula is C30H28N6O4S2. The maximum absolute atomic E-state index is 13.4. The minimum Gasteiger partial charge on any atom is -0.331 e. The molecular weight excluding hydrogens is 573 g/mol. The van der Waals surface area contributed by atoms with E-state index < -0.39 is 9.84 Å². The summed E-state index contributed by atoms with van der Waals surface area (Å²) >= 11 is 1.38. The van der Waals surface area contributed by atoms with Crippen LogP contribution in [0.1, 0.15) is 57.4 Å². The average molecular weight is 601 g/mol. The van der Waals surface area contributed by atoms with Crippen LogP contribution < -0.4 is 10.2 Å². The van der Waals surface area contributed by atoms with Gasteiger partial charge in [0.1, 0.15) is 11.6 Å². The third-order valence-electron chi connectivity index (χ3n) is 8.17. The normalized spacial score (nSPS) is 17.0. The molecule has 1 saturated carbocycles. The highest BCUT2D eigenvalue weighted by atomic mass is 32.2. The number of aryl methyl sites for hydroxylation is 1. The SMILES string of the molecule is Cc1nc(Nc2cccc(N3Cc4ncccc4C3=O)n2)sc1-c1cc2c(c(S(C)(=O)=O)c1)C(=O)N([C@@H](C)C1CC1)C2. The molecule has 0 radical (unpaired) electrons. The number of anilines is 3. The highest BCUT2D eigenvalue weighted by Crippen LogP contribution is 2.42. The summed E-state index contributed by atoms with van der Waals surface area (Å²) in [6, 6.07) is 12.5. The first kappa shape index (κ1) is 26.7. The van der Waals surface area contributed by atoms with Gasteiger partial charge in [-0.15, -0.1) is 0 Å². The summed E-state index contributed by atoms with van der Waals surface area (Å²) in [5.74, 6) is 1.15. The molecule has 1 fully saturated rings. The monoisotopic (exact) mass is 600 g/mol. The highest BCUT2D eigenvalue weighted by molar-refractivity contribution is 7.90. The number of hydrogen-bond donors (Lipinski definition) is 1. The average Bonchev–Trinajstić information content (AvgIpc) is 3.57. The first-order chi connectivity index (χ1) is 20.1. The van der Waals surface area contributed by atoms with Crippen molar-refractivity contribution >= 4 is 49.8 Å². The van der Waals surface area contributed by atoms with Gasteiger partial charge in [-0.1, -0.05) is 17.4 Å². The van der Waals surface area contributed by atoms with Crippen molar-refractivity contribution in [3.05, 3.63) is 76.7 Å². The molecule has 4 aromatic rings. The minimum absolute atomic E-state index is 0.0629. The fourth-order valence-corrected chi connectivity index (χ4v) is 7.70. The van der Waals surface area contributed by atoms with E-state index >= 15 is 0 Å². The van der Waals surface area contributed by atoms with E-state index in [0.29, 0.717) is 52.5 Å². The molecule has 0 unspecified atom stereocenters. The number of pyridine rings is 2. The van der Waals surface area contributed by atoms with Crippen molar-refractivity contribution in [3.8, 4) is 10.4 Å². The Bertz CT molecular complexity index is 1900. The van der Waals surface area contributed by atoms with Crippen LogP contribution in [0.25, 0.3) is 10.4 Å². The van der Waals surface area contributed by atoms with Crippen LogP contribution in [0.2, 0.25) is 0 Å². The third-order valence-corrected chi connectivity index (χ3v) is 10.4. The maximum Gasteiger partial charge on any atom is 0.261 e. The molecule has 1 atom stereocenters. The minimum atomic E-state index is -3.66. The van der Waals surface area contributed by atoms with Crippen LogP contribution in [0.15, 0.2) is 53.6 Å². The summed E-state index contributed by atoms with van der Waals surface area (Å²) in [7, 11) is -3.66. The van der Waals surface area contributed by atoms with E-state index in [1.54, 1.807) is 41.4 Å². The Labute approximate surface area is 247 Å². The van der Waals surface area contributed by atoms with Crippen molar-refractivity contribution in [2.24, 2.45) is 5.92 Å². The zero-order chi connectivity index (χ0) is 29.3. The number of thiazole rings is 1. The number of aromatic nitrogens is 3. The second-order valence-electron chi connectivity index (χ2n) is 11.1. The first-order valence-electron chi connectivity index (χ1n) is 13.7. The number of amides is 2. The number of carbonyl (C=O) groups excluding carboxylic acids is 2. The van der Waals surface area contributed by atoms with Gasteiger partial charge in [0.2, 0.25) is 0 Å². The van der Waals surface area contributed by atoms with Gasteiger partial charge in [-0.2, -0.15) is 0 Å². The van der Waals surface area contributed by atoms with Gasteiger partial charge in [0.05, 0.1) is 38.8 Å². The van der Waals surface area contributed by atoms with Crippen LogP contribution >= 0.6 is 11.3 Å². The highest BCUT2D eigenvalue weighted by Gasteiger charge is 2.41. The lowest BCUT2D eigenvalue weighted by molar-refractivity contribution is 0.0694. The van der Waals surface area contributed by atoms with Crippen molar-refractivity contribution in [1.29, 1.82) is 0 Å². The standard InChI is InChI=1S/C30H28N6O4S2/c1-16-27(19-12-20-14-35(17(2)18-9-10-18)29(38)26(20)23(13-19)42(3,39)40)41-30(32-16)34-24-7-4-8-25(33-24)36-15-22-21(28(36)37)6-5-11-31-22/h4-8,11-13,17-18H,9-10,14-15H2,1-3H3,(H,32,33,34)/t17-/m0/s1. The number of carbonyl (C=O) groups is 2. The van der Waals surface area contributed by atoms with E-state index in [4.69, 9.17) is 0 Å². The van der Waals surface area contributed by atoms with Crippen LogP contribution in [-0.2, 0) is 22.9 Å². The zero-order valence-corrected chi connectivity index (χ0v) is 24.9. The molecule has 3 aromatic heterocycles. The van der Waals surface area contributed by atoms with E-state index in [2.05, 4.69) is 20.3 Å². The number of sulfone groups is 1. The summed E-state index contributed by atoms with van der Waals surface area (Å²) in [5.41, 5.74) is 3.75. The van der Waals surface area contributed by atoms with Gasteiger partial charge in [-0.25, -0.2) is 18.4 Å². The van der Waals surface area contributed by atoms with E-state index in [-0.39, 0.29) is 22.8 Å². The Kier molecular flexibility index (Phi) is 6.17. The summed E-state index contributed by atoms with van der Waals surface area (Å²) in [6.45, 7) is 4.67. The van der Waals surface area contributed by atoms with E-state index in [1.165, 1.54) is 11.3 Å². The Hall–Kier alpha value is -4.16. The van der Waals surface area contributed by atoms with Crippen molar-refractivity contribution in [3.63, 3.8) is 0 Å². The van der Waals surface area contributed by atoms with E-state index in [9.17, 15) is 18.0 Å². The second kappa shape index (κ2) is 9.70. The van der Waals surface area contributed by atoms with E-state index in [0.717, 1.165) is 40.9 Å². The summed E-state index contributed by atoms with van der Waals surface area (Å²) in [4.78, 5) is 44.2. The topological polar surface area (TPSA) is 125 Å². The number of rotatable bonds is 7.